The van der Waals surface area contributed by atoms with E-state index in [2.05, 4.69) is 26.6 Å². The zero-order valence-electron chi connectivity index (χ0n) is 15.0. The lowest BCUT2D eigenvalue weighted by Gasteiger charge is -2.27. The number of pyridine rings is 1. The maximum absolute atomic E-state index is 11.4. The molecule has 4 nitrogen and oxygen atoms in total. The summed E-state index contributed by atoms with van der Waals surface area (Å²) in [5, 5.41) is 5.57. The van der Waals surface area contributed by atoms with E-state index in [0.29, 0.717) is 0 Å². The Labute approximate surface area is 154 Å². The van der Waals surface area contributed by atoms with Crippen LogP contribution in [-0.2, 0) is 13.1 Å². The van der Waals surface area contributed by atoms with Gasteiger partial charge in [0, 0.05) is 37.9 Å². The third-order valence-corrected chi connectivity index (χ3v) is 5.75. The number of carbonyl (C=O) groups is 1. The van der Waals surface area contributed by atoms with Gasteiger partial charge in [-0.05, 0) is 42.8 Å². The summed E-state index contributed by atoms with van der Waals surface area (Å²) in [6.45, 7) is 5.41. The van der Waals surface area contributed by atoms with E-state index >= 15 is 0 Å². The average molecular weight is 358 g/mol. The molecule has 2 aromatic heterocycles. The van der Waals surface area contributed by atoms with Gasteiger partial charge in [-0.2, -0.15) is 0 Å². The number of Topliss-reactive ketones (excluding diaryl/α,β-unsaturated/α-hetero) is 1. The van der Waals surface area contributed by atoms with Crippen LogP contribution < -0.4 is 10.2 Å². The smallest absolute Gasteiger partial charge is 0.169 e. The summed E-state index contributed by atoms with van der Waals surface area (Å²) in [7, 11) is 0. The number of rotatable bonds is 6. The molecule has 0 unspecified atom stereocenters. The minimum atomic E-state index is 0.142. The van der Waals surface area contributed by atoms with Crippen LogP contribution in [0.2, 0.25) is 0 Å². The average Bonchev–Trinajstić information content (AvgIpc) is 3.05. The SMILES string of the molecule is CC(=O)c1cc(CNCc2cccnc2N2CCCCCCC2)cs1. The largest absolute Gasteiger partial charge is 0.356 e. The molecule has 3 heterocycles. The number of hydrogen-bond acceptors (Lipinski definition) is 5. The van der Waals surface area contributed by atoms with E-state index in [-0.39, 0.29) is 5.78 Å². The van der Waals surface area contributed by atoms with Crippen LogP contribution in [0.5, 0.6) is 0 Å². The first-order valence-corrected chi connectivity index (χ1v) is 10.1. The summed E-state index contributed by atoms with van der Waals surface area (Å²) in [5.74, 6) is 1.27. The van der Waals surface area contributed by atoms with E-state index in [9.17, 15) is 4.79 Å². The Morgan fingerprint density at radius 2 is 1.96 bits per heavy atom. The molecule has 0 saturated carbocycles. The van der Waals surface area contributed by atoms with Gasteiger partial charge in [0.05, 0.1) is 4.88 Å². The molecule has 0 aliphatic carbocycles. The molecule has 1 aliphatic heterocycles. The fourth-order valence-electron chi connectivity index (χ4n) is 3.31. The first-order chi connectivity index (χ1) is 12.2. The van der Waals surface area contributed by atoms with E-state index in [4.69, 9.17) is 0 Å². The number of carbonyl (C=O) groups excluding carboxylic acids is 1. The van der Waals surface area contributed by atoms with Gasteiger partial charge in [-0.1, -0.05) is 25.3 Å². The van der Waals surface area contributed by atoms with E-state index in [1.165, 1.54) is 54.6 Å². The fourth-order valence-corrected chi connectivity index (χ4v) is 4.12. The minimum absolute atomic E-state index is 0.142. The van der Waals surface area contributed by atoms with Gasteiger partial charge in [-0.25, -0.2) is 4.98 Å². The summed E-state index contributed by atoms with van der Waals surface area (Å²) in [6.07, 6.45) is 8.43. The Balaban J connectivity index is 1.61. The Morgan fingerprint density at radius 1 is 1.20 bits per heavy atom. The Morgan fingerprint density at radius 3 is 2.68 bits per heavy atom. The van der Waals surface area contributed by atoms with Crippen molar-refractivity contribution < 1.29 is 4.79 Å². The number of anilines is 1. The number of nitrogens with one attached hydrogen (secondary N) is 1. The van der Waals surface area contributed by atoms with Gasteiger partial charge >= 0.3 is 0 Å². The fraction of sp³-hybridized carbons (Fsp3) is 0.500. The monoisotopic (exact) mass is 357 g/mol. The number of nitrogens with zero attached hydrogens (tertiary/aromatic N) is 2. The normalized spacial score (nSPS) is 15.6. The van der Waals surface area contributed by atoms with Gasteiger partial charge in [-0.15, -0.1) is 11.3 Å². The topological polar surface area (TPSA) is 45.2 Å². The van der Waals surface area contributed by atoms with Crippen molar-refractivity contribution in [2.45, 2.75) is 52.1 Å². The summed E-state index contributed by atoms with van der Waals surface area (Å²) >= 11 is 1.52. The molecule has 5 heteroatoms. The number of thiophene rings is 1. The van der Waals surface area contributed by atoms with E-state index < -0.39 is 0 Å². The highest BCUT2D eigenvalue weighted by molar-refractivity contribution is 7.12. The molecular weight excluding hydrogens is 330 g/mol. The van der Waals surface area contributed by atoms with Crippen molar-refractivity contribution in [2.75, 3.05) is 18.0 Å². The highest BCUT2D eigenvalue weighted by atomic mass is 32.1. The lowest BCUT2D eigenvalue weighted by Crippen LogP contribution is -2.29. The molecule has 2 aromatic rings. The molecule has 1 fully saturated rings. The second-order valence-electron chi connectivity index (χ2n) is 6.72. The standard InChI is InChI=1S/C20H27N3OS/c1-16(24)19-12-17(15-25-19)13-21-14-18-8-7-9-22-20(18)23-10-5-3-2-4-6-11-23/h7-9,12,15,21H,2-6,10-11,13-14H2,1H3. The highest BCUT2D eigenvalue weighted by Gasteiger charge is 2.14. The molecule has 1 aliphatic rings. The summed E-state index contributed by atoms with van der Waals surface area (Å²) in [6, 6.07) is 6.17. The second kappa shape index (κ2) is 9.11. The highest BCUT2D eigenvalue weighted by Crippen LogP contribution is 2.21. The molecule has 134 valence electrons. The zero-order chi connectivity index (χ0) is 17.5. The van der Waals surface area contributed by atoms with Gasteiger partial charge in [-0.3, -0.25) is 4.79 Å². The van der Waals surface area contributed by atoms with Crippen molar-refractivity contribution in [3.05, 3.63) is 45.8 Å². The molecule has 0 aromatic carbocycles. The molecule has 0 amide bonds. The number of hydrogen-bond donors (Lipinski definition) is 1. The van der Waals surface area contributed by atoms with Gasteiger partial charge in [0.15, 0.2) is 5.78 Å². The maximum atomic E-state index is 11.4. The molecule has 1 N–H and O–H groups in total. The zero-order valence-corrected chi connectivity index (χ0v) is 15.8. The van der Waals surface area contributed by atoms with Gasteiger partial charge in [0.1, 0.15) is 5.82 Å². The maximum Gasteiger partial charge on any atom is 0.169 e. The van der Waals surface area contributed by atoms with Crippen molar-refractivity contribution in [1.29, 1.82) is 0 Å². The van der Waals surface area contributed by atoms with Crippen molar-refractivity contribution in [1.82, 2.24) is 10.3 Å². The first kappa shape index (κ1) is 18.1. The predicted octanol–water partition coefficient (Wildman–Crippen LogP) is 4.41. The number of aromatic nitrogens is 1. The Bertz CT molecular complexity index is 690. The van der Waals surface area contributed by atoms with E-state index in [1.807, 2.05) is 18.3 Å². The predicted molar refractivity (Wildman–Crippen MR) is 104 cm³/mol. The van der Waals surface area contributed by atoms with Crippen LogP contribution >= 0.6 is 11.3 Å². The molecule has 0 radical (unpaired) electrons. The van der Waals surface area contributed by atoms with Crippen LogP contribution in [0, 0.1) is 0 Å². The lowest BCUT2D eigenvalue weighted by molar-refractivity contribution is 0.102. The van der Waals surface area contributed by atoms with Crippen molar-refractivity contribution in [2.24, 2.45) is 0 Å². The summed E-state index contributed by atoms with van der Waals surface area (Å²) in [5.41, 5.74) is 2.43. The molecule has 25 heavy (non-hydrogen) atoms. The van der Waals surface area contributed by atoms with Gasteiger partial charge < -0.3 is 10.2 Å². The quantitative estimate of drug-likeness (QED) is 0.778. The van der Waals surface area contributed by atoms with Crippen LogP contribution in [0.1, 0.15) is 59.8 Å². The van der Waals surface area contributed by atoms with E-state index in [1.54, 1.807) is 6.92 Å². The molecule has 1 saturated heterocycles. The minimum Gasteiger partial charge on any atom is -0.356 e. The molecule has 0 bridgehead atoms. The molecule has 0 spiro atoms. The van der Waals surface area contributed by atoms with Gasteiger partial charge in [0.25, 0.3) is 0 Å². The second-order valence-corrected chi connectivity index (χ2v) is 7.63. The third kappa shape index (κ3) is 5.13. The van der Waals surface area contributed by atoms with Crippen LogP contribution in [0.3, 0.4) is 0 Å². The molecular formula is C20H27N3OS. The van der Waals surface area contributed by atoms with Crippen LogP contribution in [-0.4, -0.2) is 23.9 Å². The van der Waals surface area contributed by atoms with Crippen molar-refractivity contribution in [3.63, 3.8) is 0 Å². The Kier molecular flexibility index (Phi) is 6.59. The van der Waals surface area contributed by atoms with Gasteiger partial charge in [0.2, 0.25) is 0 Å². The van der Waals surface area contributed by atoms with Crippen molar-refractivity contribution >= 4 is 22.9 Å². The van der Waals surface area contributed by atoms with E-state index in [0.717, 1.165) is 36.9 Å². The molecule has 3 rings (SSSR count). The van der Waals surface area contributed by atoms with Crippen LogP contribution in [0.25, 0.3) is 0 Å². The molecule has 0 atom stereocenters. The first-order valence-electron chi connectivity index (χ1n) is 9.22. The number of ketones is 1. The third-order valence-electron chi connectivity index (χ3n) is 4.67. The lowest BCUT2D eigenvalue weighted by atomic mass is 10.1. The van der Waals surface area contributed by atoms with Crippen LogP contribution in [0.4, 0.5) is 5.82 Å². The summed E-state index contributed by atoms with van der Waals surface area (Å²) in [4.78, 5) is 19.4. The van der Waals surface area contributed by atoms with Crippen molar-refractivity contribution in [3.8, 4) is 0 Å². The Hall–Kier alpha value is -1.72. The summed E-state index contributed by atoms with van der Waals surface area (Å²) < 4.78 is 0. The van der Waals surface area contributed by atoms with Crippen LogP contribution in [0.15, 0.2) is 29.8 Å².